The van der Waals surface area contributed by atoms with Gasteiger partial charge < -0.3 is 10.0 Å². The van der Waals surface area contributed by atoms with E-state index in [4.69, 9.17) is 5.11 Å². The Kier molecular flexibility index (Phi) is 13.6. The molecule has 1 aliphatic rings. The van der Waals surface area contributed by atoms with Gasteiger partial charge in [0.05, 0.1) is 6.61 Å². The minimum absolute atomic E-state index is 0. The summed E-state index contributed by atoms with van der Waals surface area (Å²) in [6.07, 6.45) is 20.1. The quantitative estimate of drug-likeness (QED) is 0.523. The van der Waals surface area contributed by atoms with Crippen molar-refractivity contribution in [3.63, 3.8) is 0 Å². The van der Waals surface area contributed by atoms with Crippen LogP contribution < -0.4 is 0 Å². The van der Waals surface area contributed by atoms with E-state index < -0.39 is 0 Å². The van der Waals surface area contributed by atoms with Gasteiger partial charge in [0.25, 0.3) is 0 Å². The minimum atomic E-state index is 0. The zero-order valence-electron chi connectivity index (χ0n) is 13.7. The van der Waals surface area contributed by atoms with E-state index in [9.17, 15) is 0 Å². The van der Waals surface area contributed by atoms with Crippen LogP contribution in [0, 0.1) is 0 Å². The van der Waals surface area contributed by atoms with Crippen molar-refractivity contribution in [3.05, 3.63) is 23.9 Å². The topological polar surface area (TPSA) is 23.5 Å². The first-order valence-electron chi connectivity index (χ1n) is 8.58. The molecule has 0 bridgehead atoms. The van der Waals surface area contributed by atoms with E-state index in [0.29, 0.717) is 0 Å². The summed E-state index contributed by atoms with van der Waals surface area (Å²) < 4.78 is 0. The van der Waals surface area contributed by atoms with Crippen molar-refractivity contribution >= 4 is 0 Å². The van der Waals surface area contributed by atoms with E-state index in [1.165, 1.54) is 64.2 Å². The summed E-state index contributed by atoms with van der Waals surface area (Å²) in [4.78, 5) is 2.32. The third-order valence-electron chi connectivity index (χ3n) is 4.04. The van der Waals surface area contributed by atoms with Gasteiger partial charge in [-0.3, -0.25) is 4.70 Å². The molecule has 0 spiro atoms. The number of aliphatic hydroxyl groups is 1. The molecular formula is C18H34FNO. The maximum atomic E-state index is 9.13. The maximum Gasteiger partial charge on any atom is 0.0661 e. The SMILES string of the molecule is CCCCCCCCCCCCN1C=CC=C(CO)C1.F. The van der Waals surface area contributed by atoms with Gasteiger partial charge in [-0.2, -0.15) is 0 Å². The van der Waals surface area contributed by atoms with Crippen LogP contribution in [0.15, 0.2) is 23.9 Å². The highest BCUT2D eigenvalue weighted by molar-refractivity contribution is 5.18. The molecule has 0 aromatic heterocycles. The predicted molar refractivity (Wildman–Crippen MR) is 90.2 cm³/mol. The van der Waals surface area contributed by atoms with E-state index in [1.807, 2.05) is 12.2 Å². The molecule has 1 heterocycles. The van der Waals surface area contributed by atoms with Crippen LogP contribution in [0.2, 0.25) is 0 Å². The molecule has 2 nitrogen and oxygen atoms in total. The smallest absolute Gasteiger partial charge is 0.0661 e. The van der Waals surface area contributed by atoms with Crippen LogP contribution in [-0.4, -0.2) is 29.7 Å². The second kappa shape index (κ2) is 14.1. The molecule has 0 saturated carbocycles. The molecule has 1 aliphatic heterocycles. The van der Waals surface area contributed by atoms with Crippen molar-refractivity contribution < 1.29 is 9.81 Å². The number of allylic oxidation sites excluding steroid dienone is 2. The van der Waals surface area contributed by atoms with Crippen molar-refractivity contribution in [1.82, 2.24) is 4.90 Å². The lowest BCUT2D eigenvalue weighted by Gasteiger charge is -2.23. The fraction of sp³-hybridized carbons (Fsp3) is 0.778. The number of halogens is 1. The lowest BCUT2D eigenvalue weighted by Crippen LogP contribution is -2.24. The van der Waals surface area contributed by atoms with Crippen LogP contribution in [0.25, 0.3) is 0 Å². The Hall–Kier alpha value is -0.830. The van der Waals surface area contributed by atoms with Gasteiger partial charge in [-0.25, -0.2) is 0 Å². The van der Waals surface area contributed by atoms with Crippen molar-refractivity contribution in [2.75, 3.05) is 19.7 Å². The van der Waals surface area contributed by atoms with Gasteiger partial charge in [0.1, 0.15) is 0 Å². The first kappa shape index (κ1) is 20.2. The molecule has 1 rings (SSSR count). The molecular weight excluding hydrogens is 265 g/mol. The standard InChI is InChI=1S/C18H33NO.FH/c1-2-3-4-5-6-7-8-9-10-11-14-19-15-12-13-18(16-19)17-20;/h12-13,15,20H,2-11,14,16-17H2,1H3;1H. The molecule has 0 aromatic rings. The fourth-order valence-electron chi connectivity index (χ4n) is 2.73. The summed E-state index contributed by atoms with van der Waals surface area (Å²) in [6, 6.07) is 0. The van der Waals surface area contributed by atoms with Crippen LogP contribution in [0.4, 0.5) is 4.70 Å². The Labute approximate surface area is 130 Å². The summed E-state index contributed by atoms with van der Waals surface area (Å²) in [5, 5.41) is 9.13. The van der Waals surface area contributed by atoms with Crippen LogP contribution in [0.1, 0.15) is 71.1 Å². The van der Waals surface area contributed by atoms with Crippen LogP contribution in [0.3, 0.4) is 0 Å². The highest BCUT2D eigenvalue weighted by Gasteiger charge is 2.05. The van der Waals surface area contributed by atoms with E-state index in [-0.39, 0.29) is 11.3 Å². The Morgan fingerprint density at radius 1 is 0.952 bits per heavy atom. The van der Waals surface area contributed by atoms with E-state index in [1.54, 1.807) is 0 Å². The number of nitrogens with zero attached hydrogens (tertiary/aromatic N) is 1. The molecule has 3 heteroatoms. The molecule has 0 fully saturated rings. The molecule has 0 unspecified atom stereocenters. The van der Waals surface area contributed by atoms with Crippen molar-refractivity contribution in [3.8, 4) is 0 Å². The predicted octanol–water partition coefficient (Wildman–Crippen LogP) is 4.81. The fourth-order valence-corrected chi connectivity index (χ4v) is 2.73. The molecule has 0 aromatic carbocycles. The minimum Gasteiger partial charge on any atom is -0.392 e. The molecule has 21 heavy (non-hydrogen) atoms. The number of hydrogen-bond donors (Lipinski definition) is 1. The molecule has 0 aliphatic carbocycles. The molecule has 0 radical (unpaired) electrons. The van der Waals surface area contributed by atoms with Crippen molar-refractivity contribution in [2.24, 2.45) is 0 Å². The zero-order chi connectivity index (χ0) is 14.5. The molecule has 124 valence electrons. The third-order valence-corrected chi connectivity index (χ3v) is 4.04. The highest BCUT2D eigenvalue weighted by atomic mass is 19.0. The zero-order valence-corrected chi connectivity index (χ0v) is 13.7. The highest BCUT2D eigenvalue weighted by Crippen LogP contribution is 2.12. The van der Waals surface area contributed by atoms with Gasteiger partial charge >= 0.3 is 0 Å². The number of unbranched alkanes of at least 4 members (excludes halogenated alkanes) is 9. The third kappa shape index (κ3) is 10.5. The van der Waals surface area contributed by atoms with E-state index in [2.05, 4.69) is 18.0 Å². The van der Waals surface area contributed by atoms with Crippen LogP contribution >= 0.6 is 0 Å². The Balaban J connectivity index is 0.00000400. The average Bonchev–Trinajstić information content (AvgIpc) is 2.49. The maximum absolute atomic E-state index is 9.13. The van der Waals surface area contributed by atoms with Gasteiger partial charge in [-0.05, 0) is 24.3 Å². The number of aliphatic hydroxyl groups excluding tert-OH is 1. The molecule has 1 N–H and O–H groups in total. The normalized spacial score (nSPS) is 14.0. The lowest BCUT2D eigenvalue weighted by atomic mass is 10.1. The van der Waals surface area contributed by atoms with Gasteiger partial charge in [0, 0.05) is 13.1 Å². The summed E-state index contributed by atoms with van der Waals surface area (Å²) in [5.41, 5.74) is 1.12. The number of rotatable bonds is 12. The lowest BCUT2D eigenvalue weighted by molar-refractivity contribution is 0.304. The molecule has 0 atom stereocenters. The average molecular weight is 299 g/mol. The second-order valence-corrected chi connectivity index (χ2v) is 5.98. The first-order chi connectivity index (χ1) is 9.86. The van der Waals surface area contributed by atoms with Gasteiger partial charge in [0.15, 0.2) is 0 Å². The van der Waals surface area contributed by atoms with Crippen LogP contribution in [0.5, 0.6) is 0 Å². The number of hydrogen-bond acceptors (Lipinski definition) is 2. The van der Waals surface area contributed by atoms with Gasteiger partial charge in [-0.15, -0.1) is 0 Å². The first-order valence-corrected chi connectivity index (χ1v) is 8.58. The Bertz CT molecular complexity index is 289. The Morgan fingerprint density at radius 2 is 1.52 bits per heavy atom. The van der Waals surface area contributed by atoms with Crippen molar-refractivity contribution in [1.29, 1.82) is 0 Å². The Morgan fingerprint density at radius 3 is 2.10 bits per heavy atom. The second-order valence-electron chi connectivity index (χ2n) is 5.98. The summed E-state index contributed by atoms with van der Waals surface area (Å²) >= 11 is 0. The summed E-state index contributed by atoms with van der Waals surface area (Å²) in [5.74, 6) is 0. The van der Waals surface area contributed by atoms with Crippen LogP contribution in [-0.2, 0) is 0 Å². The van der Waals surface area contributed by atoms with E-state index >= 15 is 0 Å². The largest absolute Gasteiger partial charge is 0.392 e. The van der Waals surface area contributed by atoms with E-state index in [0.717, 1.165) is 18.7 Å². The van der Waals surface area contributed by atoms with Crippen molar-refractivity contribution in [2.45, 2.75) is 71.1 Å². The summed E-state index contributed by atoms with van der Waals surface area (Å²) in [6.45, 7) is 4.50. The van der Waals surface area contributed by atoms with Gasteiger partial charge in [-0.1, -0.05) is 70.8 Å². The molecule has 0 amide bonds. The monoisotopic (exact) mass is 299 g/mol. The summed E-state index contributed by atoms with van der Waals surface area (Å²) in [7, 11) is 0. The van der Waals surface area contributed by atoms with Gasteiger partial charge in [0.2, 0.25) is 0 Å². The molecule has 0 saturated heterocycles.